The summed E-state index contributed by atoms with van der Waals surface area (Å²) in [7, 11) is 0. The van der Waals surface area contributed by atoms with Gasteiger partial charge in [0, 0.05) is 28.3 Å². The van der Waals surface area contributed by atoms with Gasteiger partial charge >= 0.3 is 6.85 Å². The van der Waals surface area contributed by atoms with Crippen molar-refractivity contribution in [2.24, 2.45) is 0 Å². The molecule has 0 spiro atoms. The fourth-order valence-corrected chi connectivity index (χ4v) is 12.1. The minimum atomic E-state index is -0.563. The van der Waals surface area contributed by atoms with Gasteiger partial charge in [0.1, 0.15) is 0 Å². The summed E-state index contributed by atoms with van der Waals surface area (Å²) < 4.78 is 0. The standard InChI is InChI=1S/C61H55BN2/c1-58(2,3)44-36-47-46-38-50-51(60(6,7)35-34-59(50,4)5)39-54(46)64(45-32-30-41(31-33-45)40-20-11-8-12-21-40)62-52-28-19-27-49-57(52)63(55(37-44)56(47)62)53-29-18-17-26-48(53)61(49,42-22-13-9-14-23-42)43-24-15-10-16-25-43/h8-33,36-39H,34-35H2,1-7H3. The first kappa shape index (κ1) is 39.0. The lowest BCUT2D eigenvalue weighted by atomic mass is 9.42. The van der Waals surface area contributed by atoms with Gasteiger partial charge in [-0.25, -0.2) is 0 Å². The van der Waals surface area contributed by atoms with Crippen LogP contribution < -0.4 is 20.6 Å². The van der Waals surface area contributed by atoms with E-state index >= 15 is 0 Å². The molecule has 0 bridgehead atoms. The number of para-hydroxylation sites is 2. The molecule has 0 saturated heterocycles. The Morgan fingerprint density at radius 1 is 0.469 bits per heavy atom. The summed E-state index contributed by atoms with van der Waals surface area (Å²) >= 11 is 0. The second-order valence-corrected chi connectivity index (χ2v) is 21.2. The maximum absolute atomic E-state index is 2.73. The van der Waals surface area contributed by atoms with Gasteiger partial charge in [-0.3, -0.25) is 0 Å². The number of hydrogen-bond acceptors (Lipinski definition) is 2. The third-order valence-corrected chi connectivity index (χ3v) is 15.5. The zero-order valence-corrected chi connectivity index (χ0v) is 38.2. The van der Waals surface area contributed by atoms with E-state index in [-0.39, 0.29) is 23.1 Å². The average Bonchev–Trinajstić information content (AvgIpc) is 3.31. The van der Waals surface area contributed by atoms with Crippen LogP contribution in [0.15, 0.2) is 182 Å². The van der Waals surface area contributed by atoms with Crippen LogP contribution in [0.5, 0.6) is 0 Å². The van der Waals surface area contributed by atoms with E-state index in [4.69, 9.17) is 0 Å². The second-order valence-electron chi connectivity index (χ2n) is 21.2. The first-order chi connectivity index (χ1) is 30.9. The summed E-state index contributed by atoms with van der Waals surface area (Å²) in [4.78, 5) is 5.40. The summed E-state index contributed by atoms with van der Waals surface area (Å²) in [5.74, 6) is 0. The first-order valence-electron chi connectivity index (χ1n) is 23.3. The molecule has 2 nitrogen and oxygen atoms in total. The highest BCUT2D eigenvalue weighted by Gasteiger charge is 2.53. The van der Waals surface area contributed by atoms with E-state index in [1.54, 1.807) is 0 Å². The maximum Gasteiger partial charge on any atom is 0.333 e. The van der Waals surface area contributed by atoms with Crippen LogP contribution in [-0.2, 0) is 21.7 Å². The lowest BCUT2D eigenvalue weighted by Crippen LogP contribution is -2.63. The van der Waals surface area contributed by atoms with Gasteiger partial charge in [0.15, 0.2) is 0 Å². The molecule has 0 aromatic heterocycles. The van der Waals surface area contributed by atoms with Gasteiger partial charge in [-0.2, -0.15) is 0 Å². The SMILES string of the molecule is CC(C)(C)c1cc2c3c(c1)N1c4ccccc4C(c4ccccc4)(c4ccccc4)c4cccc(c41)B3N(c1ccc(-c3ccccc3)cc1)c1cc3c(cc1-2)C(C)(C)CCC3(C)C. The predicted molar refractivity (Wildman–Crippen MR) is 271 cm³/mol. The Morgan fingerprint density at radius 3 is 1.67 bits per heavy atom. The summed E-state index contributed by atoms with van der Waals surface area (Å²) in [6.07, 6.45) is 2.34. The van der Waals surface area contributed by atoms with Crippen molar-refractivity contribution in [1.82, 2.24) is 0 Å². The Labute approximate surface area is 380 Å². The van der Waals surface area contributed by atoms with Gasteiger partial charge in [0.2, 0.25) is 0 Å². The molecule has 0 amide bonds. The lowest BCUT2D eigenvalue weighted by molar-refractivity contribution is 0.332. The minimum Gasteiger partial charge on any atom is -0.376 e. The number of anilines is 5. The summed E-state index contributed by atoms with van der Waals surface area (Å²) in [5.41, 5.74) is 23.1. The molecule has 4 aliphatic rings. The molecule has 0 radical (unpaired) electrons. The Bertz CT molecular complexity index is 3100. The number of nitrogens with zero attached hydrogens (tertiary/aromatic N) is 2. The Hall–Kier alpha value is -6.58. The van der Waals surface area contributed by atoms with E-state index in [0.29, 0.717) is 0 Å². The zero-order valence-electron chi connectivity index (χ0n) is 38.2. The van der Waals surface area contributed by atoms with Crippen molar-refractivity contribution in [3.63, 3.8) is 0 Å². The molecule has 1 aliphatic carbocycles. The molecule has 312 valence electrons. The van der Waals surface area contributed by atoms with Gasteiger partial charge in [-0.15, -0.1) is 0 Å². The molecule has 3 aliphatic heterocycles. The Balaban J connectivity index is 1.23. The topological polar surface area (TPSA) is 6.48 Å². The quantitative estimate of drug-likeness (QED) is 0.163. The minimum absolute atomic E-state index is 0.0470. The van der Waals surface area contributed by atoms with Crippen molar-refractivity contribution in [3.8, 4) is 22.3 Å². The molecular weight excluding hydrogens is 771 g/mol. The smallest absolute Gasteiger partial charge is 0.333 e. The van der Waals surface area contributed by atoms with Crippen molar-refractivity contribution in [2.45, 2.75) is 83.0 Å². The van der Waals surface area contributed by atoms with Crippen molar-refractivity contribution in [2.75, 3.05) is 9.71 Å². The monoisotopic (exact) mass is 826 g/mol. The third-order valence-electron chi connectivity index (χ3n) is 15.5. The van der Waals surface area contributed by atoms with Gasteiger partial charge in [-0.1, -0.05) is 194 Å². The van der Waals surface area contributed by atoms with Gasteiger partial charge < -0.3 is 9.71 Å². The van der Waals surface area contributed by atoms with Crippen molar-refractivity contribution in [3.05, 3.63) is 221 Å². The molecule has 0 saturated carbocycles. The highest BCUT2D eigenvalue weighted by molar-refractivity contribution is 6.93. The Morgan fingerprint density at radius 2 is 1.03 bits per heavy atom. The second kappa shape index (κ2) is 13.7. The molecule has 3 heteroatoms. The maximum atomic E-state index is 2.73. The van der Waals surface area contributed by atoms with Crippen molar-refractivity contribution in [1.29, 1.82) is 0 Å². The average molecular weight is 827 g/mol. The predicted octanol–water partition coefficient (Wildman–Crippen LogP) is 14.4. The largest absolute Gasteiger partial charge is 0.376 e. The van der Waals surface area contributed by atoms with Crippen LogP contribution in [0.25, 0.3) is 22.3 Å². The highest BCUT2D eigenvalue weighted by Crippen LogP contribution is 2.60. The summed E-state index contributed by atoms with van der Waals surface area (Å²) in [6.45, 7) is 16.9. The van der Waals surface area contributed by atoms with Gasteiger partial charge in [-0.05, 0) is 132 Å². The van der Waals surface area contributed by atoms with Gasteiger partial charge in [0.05, 0.1) is 11.1 Å². The van der Waals surface area contributed by atoms with Crippen LogP contribution >= 0.6 is 0 Å². The number of hydrogen-bond donors (Lipinski definition) is 0. The molecule has 12 rings (SSSR count). The number of benzene rings is 8. The molecule has 3 heterocycles. The van der Waals surface area contributed by atoms with Crippen LogP contribution in [-0.4, -0.2) is 6.85 Å². The molecule has 0 unspecified atom stereocenters. The fourth-order valence-electron chi connectivity index (χ4n) is 12.1. The molecule has 64 heavy (non-hydrogen) atoms. The molecule has 8 aromatic rings. The van der Waals surface area contributed by atoms with Crippen LogP contribution in [0.1, 0.15) is 100 Å². The van der Waals surface area contributed by atoms with Crippen LogP contribution in [0.2, 0.25) is 0 Å². The zero-order chi connectivity index (χ0) is 43.8. The van der Waals surface area contributed by atoms with Crippen molar-refractivity contribution < 1.29 is 0 Å². The van der Waals surface area contributed by atoms with E-state index in [2.05, 4.69) is 240 Å². The van der Waals surface area contributed by atoms with E-state index in [1.165, 1.54) is 107 Å². The van der Waals surface area contributed by atoms with E-state index < -0.39 is 5.41 Å². The molecule has 0 fully saturated rings. The normalized spacial score (nSPS) is 16.8. The Kier molecular flexibility index (Phi) is 8.37. The van der Waals surface area contributed by atoms with E-state index in [1.807, 2.05) is 0 Å². The number of fused-ring (bicyclic) bond motifs is 7. The fraction of sp³-hybridized carbons (Fsp3) is 0.213. The summed E-state index contributed by atoms with van der Waals surface area (Å²) in [5, 5.41) is 0. The highest BCUT2D eigenvalue weighted by atomic mass is 15.2. The van der Waals surface area contributed by atoms with Crippen LogP contribution in [0.4, 0.5) is 28.4 Å². The lowest BCUT2D eigenvalue weighted by Gasteiger charge is -2.53. The number of rotatable bonds is 4. The summed E-state index contributed by atoms with van der Waals surface area (Å²) in [6, 6.07) is 69.6. The van der Waals surface area contributed by atoms with Crippen molar-refractivity contribution >= 4 is 46.2 Å². The molecule has 8 aromatic carbocycles. The third kappa shape index (κ3) is 5.46. The van der Waals surface area contributed by atoms with Crippen LogP contribution in [0.3, 0.4) is 0 Å². The first-order valence-corrected chi connectivity index (χ1v) is 23.3. The molecule has 0 atom stereocenters. The molecule has 0 N–H and O–H groups in total. The molecular formula is C61H55BN2. The van der Waals surface area contributed by atoms with Gasteiger partial charge in [0.25, 0.3) is 0 Å². The van der Waals surface area contributed by atoms with E-state index in [9.17, 15) is 0 Å². The van der Waals surface area contributed by atoms with E-state index in [0.717, 1.165) is 6.42 Å². The van der Waals surface area contributed by atoms with Crippen LogP contribution in [0, 0.1) is 0 Å².